The van der Waals surface area contributed by atoms with Crippen LogP contribution in [0.5, 0.6) is 5.75 Å². The number of nitrogen functional groups attached to an aromatic ring is 1. The van der Waals surface area contributed by atoms with Gasteiger partial charge in [0.2, 0.25) is 0 Å². The number of nitrogens with zero attached hydrogens (tertiary/aromatic N) is 7. The first-order chi connectivity index (χ1) is 19.1. The smallest absolute Gasteiger partial charge is 0.459 e. The number of carbonyl (C=O) groups excluding carboxylic acids is 1. The molecule has 5 atom stereocenters. The van der Waals surface area contributed by atoms with Crippen molar-refractivity contribution in [3.63, 3.8) is 0 Å². The zero-order valence-electron chi connectivity index (χ0n) is 22.4. The number of benzene rings is 1. The highest BCUT2D eigenvalue weighted by atomic mass is 31.2. The third-order valence-electron chi connectivity index (χ3n) is 5.30. The van der Waals surface area contributed by atoms with Crippen LogP contribution in [0.15, 0.2) is 48.1 Å². The summed E-state index contributed by atoms with van der Waals surface area (Å²) in [4.78, 5) is 27.5. The number of para-hydroxylation sites is 1. The molecule has 0 aliphatic rings. The van der Waals surface area contributed by atoms with E-state index in [1.54, 1.807) is 51.1 Å². The molecular weight excluding hydrogens is 545 g/mol. The molecule has 0 amide bonds. The van der Waals surface area contributed by atoms with Gasteiger partial charge in [-0.1, -0.05) is 30.2 Å². The number of esters is 1. The van der Waals surface area contributed by atoms with E-state index in [-0.39, 0.29) is 11.6 Å². The summed E-state index contributed by atoms with van der Waals surface area (Å²) in [6.07, 6.45) is 0.0933. The Morgan fingerprint density at radius 2 is 1.95 bits per heavy atom. The lowest BCUT2D eigenvalue weighted by Gasteiger charge is -2.29. The molecule has 17 heteroatoms. The van der Waals surface area contributed by atoms with E-state index in [9.17, 15) is 14.5 Å². The van der Waals surface area contributed by atoms with Crippen molar-refractivity contribution in [1.29, 1.82) is 0 Å². The van der Waals surface area contributed by atoms with Crippen LogP contribution in [0.2, 0.25) is 0 Å². The first kappa shape index (κ1) is 30.8. The van der Waals surface area contributed by atoms with Crippen molar-refractivity contribution in [2.45, 2.75) is 58.2 Å². The number of nitrogens with one attached hydrogen (secondary N) is 1. The second-order valence-electron chi connectivity index (χ2n) is 8.89. The zero-order valence-corrected chi connectivity index (χ0v) is 23.3. The van der Waals surface area contributed by atoms with Crippen LogP contribution in [0.4, 0.5) is 5.82 Å². The highest BCUT2D eigenvalue weighted by Gasteiger charge is 2.34. The Balaban J connectivity index is 1.84. The summed E-state index contributed by atoms with van der Waals surface area (Å²) < 4.78 is 37.7. The van der Waals surface area contributed by atoms with E-state index in [2.05, 4.69) is 30.1 Å². The summed E-state index contributed by atoms with van der Waals surface area (Å²) in [5.41, 5.74) is 15.5. The number of azide groups is 1. The van der Waals surface area contributed by atoms with Gasteiger partial charge in [-0.2, -0.15) is 5.09 Å². The summed E-state index contributed by atoms with van der Waals surface area (Å²) in [5, 5.41) is 16.4. The first-order valence-corrected chi connectivity index (χ1v) is 13.8. The van der Waals surface area contributed by atoms with E-state index in [1.165, 1.54) is 24.1 Å². The monoisotopic (exact) mass is 577 g/mol. The number of aliphatic hydroxyl groups excluding tert-OH is 1. The lowest BCUT2D eigenvalue weighted by molar-refractivity contribution is -0.149. The average Bonchev–Trinajstić information content (AvgIpc) is 3.34. The molecule has 40 heavy (non-hydrogen) atoms. The molecule has 0 saturated heterocycles. The van der Waals surface area contributed by atoms with Gasteiger partial charge in [-0.15, -0.1) is 0 Å². The van der Waals surface area contributed by atoms with E-state index in [0.717, 1.165) is 0 Å². The zero-order chi connectivity index (χ0) is 29.3. The lowest BCUT2D eigenvalue weighted by atomic mass is 10.3. The number of aromatic nitrogens is 4. The molecule has 0 aliphatic heterocycles. The predicted octanol–water partition coefficient (Wildman–Crippen LogP) is 3.12. The van der Waals surface area contributed by atoms with Gasteiger partial charge >= 0.3 is 13.7 Å². The number of hydrogen-bond acceptors (Lipinski definition) is 12. The molecule has 0 unspecified atom stereocenters. The fraction of sp³-hybridized carbons (Fsp3) is 0.478. The normalized spacial score (nSPS) is 15.9. The van der Waals surface area contributed by atoms with Gasteiger partial charge in [-0.05, 0) is 38.4 Å². The summed E-state index contributed by atoms with van der Waals surface area (Å²) in [6.45, 7) is 5.36. The minimum Gasteiger partial charge on any atom is -0.462 e. The van der Waals surface area contributed by atoms with E-state index < -0.39 is 57.4 Å². The Hall–Kier alpha value is -3.78. The van der Waals surface area contributed by atoms with E-state index in [0.29, 0.717) is 11.2 Å². The van der Waals surface area contributed by atoms with Gasteiger partial charge in [0, 0.05) is 4.91 Å². The van der Waals surface area contributed by atoms with Crippen LogP contribution >= 0.6 is 7.75 Å². The minimum absolute atomic E-state index is 0.135. The Bertz CT molecular complexity index is 1370. The summed E-state index contributed by atoms with van der Waals surface area (Å²) in [6, 6.07) is 6.32. The van der Waals surface area contributed by atoms with Gasteiger partial charge in [0.1, 0.15) is 36.0 Å². The van der Waals surface area contributed by atoms with Crippen LogP contribution in [0, 0.1) is 0 Å². The SMILES string of the molecule is CC(C)OC(=O)[C@@H](C)N[P@@](=O)(OC[C@H](CO)O[C@H]([C@H](C)N=[N+]=[N-])n1cnc2c(N)ncnc21)Oc1ccccc1. The molecule has 0 bridgehead atoms. The number of ether oxygens (including phenoxy) is 2. The van der Waals surface area contributed by atoms with Gasteiger partial charge in [0.25, 0.3) is 0 Å². The molecule has 216 valence electrons. The van der Waals surface area contributed by atoms with E-state index in [4.69, 9.17) is 29.8 Å². The molecule has 1 aromatic carbocycles. The van der Waals surface area contributed by atoms with Crippen molar-refractivity contribution in [2.24, 2.45) is 5.11 Å². The van der Waals surface area contributed by atoms with Crippen molar-refractivity contribution in [2.75, 3.05) is 18.9 Å². The van der Waals surface area contributed by atoms with Crippen LogP contribution < -0.4 is 15.3 Å². The molecule has 3 rings (SSSR count). The fourth-order valence-electron chi connectivity index (χ4n) is 3.45. The van der Waals surface area contributed by atoms with Crippen molar-refractivity contribution >= 4 is 30.7 Å². The summed E-state index contributed by atoms with van der Waals surface area (Å²) in [5.74, 6) is -0.320. The fourth-order valence-corrected chi connectivity index (χ4v) is 4.98. The number of anilines is 1. The molecule has 0 saturated carbocycles. The minimum atomic E-state index is -4.23. The molecular formula is C23H32N9O7P. The molecule has 16 nitrogen and oxygen atoms in total. The van der Waals surface area contributed by atoms with Crippen LogP contribution in [0.1, 0.15) is 33.9 Å². The van der Waals surface area contributed by atoms with E-state index >= 15 is 0 Å². The number of fused-ring (bicyclic) bond motifs is 1. The number of aliphatic hydroxyl groups is 1. The molecule has 2 aromatic heterocycles. The maximum atomic E-state index is 13.8. The van der Waals surface area contributed by atoms with Gasteiger partial charge in [0.15, 0.2) is 11.5 Å². The first-order valence-electron chi connectivity index (χ1n) is 12.3. The third kappa shape index (κ3) is 8.11. The predicted molar refractivity (Wildman–Crippen MR) is 144 cm³/mol. The Morgan fingerprint density at radius 3 is 2.60 bits per heavy atom. The summed E-state index contributed by atoms with van der Waals surface area (Å²) >= 11 is 0. The number of rotatable bonds is 15. The van der Waals surface area contributed by atoms with Gasteiger partial charge in [0.05, 0.1) is 31.7 Å². The number of nitrogens with two attached hydrogens (primary N) is 1. The van der Waals surface area contributed by atoms with Crippen molar-refractivity contribution < 1.29 is 33.0 Å². The molecule has 4 N–H and O–H groups in total. The highest BCUT2D eigenvalue weighted by Crippen LogP contribution is 2.45. The molecule has 0 fully saturated rings. The van der Waals surface area contributed by atoms with Crippen LogP contribution in [0.25, 0.3) is 21.6 Å². The lowest BCUT2D eigenvalue weighted by Crippen LogP contribution is -2.37. The van der Waals surface area contributed by atoms with Crippen LogP contribution in [0.3, 0.4) is 0 Å². The average molecular weight is 578 g/mol. The number of hydrogen-bond donors (Lipinski definition) is 3. The second kappa shape index (κ2) is 14.0. The topological polar surface area (TPSA) is 222 Å². The van der Waals surface area contributed by atoms with Crippen molar-refractivity contribution in [3.8, 4) is 5.75 Å². The third-order valence-corrected chi connectivity index (χ3v) is 6.94. The van der Waals surface area contributed by atoms with Crippen molar-refractivity contribution in [1.82, 2.24) is 24.6 Å². The second-order valence-corrected chi connectivity index (χ2v) is 10.6. The van der Waals surface area contributed by atoms with Gasteiger partial charge < -0.3 is 24.8 Å². The molecule has 2 heterocycles. The van der Waals surface area contributed by atoms with E-state index in [1.807, 2.05) is 0 Å². The Morgan fingerprint density at radius 1 is 1.23 bits per heavy atom. The molecule has 0 radical (unpaired) electrons. The molecule has 3 aromatic rings. The van der Waals surface area contributed by atoms with Crippen LogP contribution in [-0.4, -0.2) is 68.1 Å². The van der Waals surface area contributed by atoms with Gasteiger partial charge in [-0.3, -0.25) is 13.9 Å². The molecule has 0 aliphatic carbocycles. The number of carbonyl (C=O) groups is 1. The Labute approximate surface area is 230 Å². The van der Waals surface area contributed by atoms with Crippen molar-refractivity contribution in [3.05, 3.63) is 53.4 Å². The standard InChI is InChI=1S/C23H32N9O7P/c1-14(2)37-23(34)16(4)30-40(35,39-17-8-6-5-7-9-17)36-11-18(10-33)38-22(15(3)29-31-25)32-13-28-19-20(24)26-12-27-21(19)32/h5-9,12-16,18,22,33H,10-11H2,1-4H3,(H,30,35)(H2,24,26,27)/t15-,16+,18-,22+,40+/m0/s1. The Kier molecular flexibility index (Phi) is 10.8. The highest BCUT2D eigenvalue weighted by molar-refractivity contribution is 7.52. The summed E-state index contributed by atoms with van der Waals surface area (Å²) in [7, 11) is -4.23. The van der Waals surface area contributed by atoms with Gasteiger partial charge in [-0.25, -0.2) is 19.5 Å². The van der Waals surface area contributed by atoms with Crippen LogP contribution in [-0.2, 0) is 23.4 Å². The molecule has 0 spiro atoms. The largest absolute Gasteiger partial charge is 0.462 e. The maximum Gasteiger partial charge on any atom is 0.459 e. The number of imidazole rings is 1. The maximum absolute atomic E-state index is 13.8. The quantitative estimate of drug-likeness (QED) is 0.0779.